The normalized spacial score (nSPS) is 10.6. The molecule has 0 amide bonds. The van der Waals surface area contributed by atoms with E-state index in [1.165, 1.54) is 19.2 Å². The Bertz CT molecular complexity index is 533. The van der Waals surface area contributed by atoms with Gasteiger partial charge in [-0.15, -0.1) is 11.3 Å². The van der Waals surface area contributed by atoms with Crippen molar-refractivity contribution in [1.29, 1.82) is 0 Å². The summed E-state index contributed by atoms with van der Waals surface area (Å²) in [5.74, 6) is -1.87. The Hall–Kier alpha value is -1.49. The van der Waals surface area contributed by atoms with Gasteiger partial charge in [-0.3, -0.25) is 0 Å². The average Bonchev–Trinajstić information content (AvgIpc) is 2.60. The van der Waals surface area contributed by atoms with Gasteiger partial charge in [0.2, 0.25) is 0 Å². The van der Waals surface area contributed by atoms with Gasteiger partial charge in [0.15, 0.2) is 0 Å². The van der Waals surface area contributed by atoms with Crippen LogP contribution in [-0.4, -0.2) is 13.1 Å². The van der Waals surface area contributed by atoms with Crippen molar-refractivity contribution in [3.05, 3.63) is 34.7 Å². The first-order chi connectivity index (χ1) is 7.11. The van der Waals surface area contributed by atoms with Gasteiger partial charge in [-0.1, -0.05) is 0 Å². The van der Waals surface area contributed by atoms with Crippen LogP contribution in [0.3, 0.4) is 0 Å². The van der Waals surface area contributed by atoms with Crippen molar-refractivity contribution >= 4 is 27.4 Å². The van der Waals surface area contributed by atoms with Crippen LogP contribution in [-0.2, 0) is 4.74 Å². The summed E-state index contributed by atoms with van der Waals surface area (Å²) in [6.07, 6.45) is 0. The number of fused-ring (bicyclic) bond motifs is 1. The van der Waals surface area contributed by atoms with Crippen LogP contribution in [0.2, 0.25) is 0 Å². The van der Waals surface area contributed by atoms with Crippen molar-refractivity contribution < 1.29 is 18.3 Å². The highest BCUT2D eigenvalue weighted by atomic mass is 32.1. The fourth-order valence-corrected chi connectivity index (χ4v) is 2.28. The quantitative estimate of drug-likeness (QED) is 0.701. The van der Waals surface area contributed by atoms with Crippen molar-refractivity contribution in [3.63, 3.8) is 0 Å². The lowest BCUT2D eigenvalue weighted by molar-refractivity contribution is 0.0606. The number of esters is 1. The Morgan fingerprint density at radius 1 is 1.33 bits per heavy atom. The second-order valence-electron chi connectivity index (χ2n) is 2.90. The largest absolute Gasteiger partial charge is 0.465 e. The molecular weight excluding hydrogens is 222 g/mol. The minimum absolute atomic E-state index is 0.238. The van der Waals surface area contributed by atoms with E-state index in [1.54, 1.807) is 0 Å². The third-order valence-electron chi connectivity index (χ3n) is 1.94. The van der Waals surface area contributed by atoms with Gasteiger partial charge < -0.3 is 4.74 Å². The number of rotatable bonds is 1. The molecule has 2 rings (SSSR count). The highest BCUT2D eigenvalue weighted by Crippen LogP contribution is 2.29. The molecule has 0 fully saturated rings. The van der Waals surface area contributed by atoms with Crippen LogP contribution in [0.15, 0.2) is 18.2 Å². The van der Waals surface area contributed by atoms with E-state index in [0.717, 1.165) is 17.4 Å². The molecule has 0 unspecified atom stereocenters. The maximum absolute atomic E-state index is 13.2. The summed E-state index contributed by atoms with van der Waals surface area (Å²) in [4.78, 5) is 11.4. The summed E-state index contributed by atoms with van der Waals surface area (Å²) in [6, 6.07) is 3.34. The fraction of sp³-hybridized carbons (Fsp3) is 0.100. The Balaban J connectivity index is 2.65. The second-order valence-corrected chi connectivity index (χ2v) is 3.99. The molecule has 2 nitrogen and oxygen atoms in total. The zero-order valence-corrected chi connectivity index (χ0v) is 8.53. The number of carbonyl (C=O) groups is 1. The predicted molar refractivity (Wildman–Crippen MR) is 53.1 cm³/mol. The minimum Gasteiger partial charge on any atom is -0.465 e. The summed E-state index contributed by atoms with van der Waals surface area (Å²) in [7, 11) is 1.24. The van der Waals surface area contributed by atoms with Gasteiger partial charge in [-0.2, -0.15) is 0 Å². The monoisotopic (exact) mass is 228 g/mol. The Morgan fingerprint density at radius 2 is 2.07 bits per heavy atom. The number of ether oxygens (including phenoxy) is 1. The average molecular weight is 228 g/mol. The van der Waals surface area contributed by atoms with Crippen LogP contribution in [0.1, 0.15) is 9.67 Å². The molecule has 1 aromatic heterocycles. The third kappa shape index (κ3) is 1.70. The van der Waals surface area contributed by atoms with E-state index in [0.29, 0.717) is 4.70 Å². The molecule has 0 N–H and O–H groups in total. The highest BCUT2D eigenvalue weighted by molar-refractivity contribution is 7.20. The van der Waals surface area contributed by atoms with Gasteiger partial charge in [-0.05, 0) is 12.1 Å². The first-order valence-corrected chi connectivity index (χ1v) is 4.90. The molecule has 15 heavy (non-hydrogen) atoms. The molecule has 0 spiro atoms. The molecule has 0 aliphatic carbocycles. The number of hydrogen-bond acceptors (Lipinski definition) is 3. The summed E-state index contributed by atoms with van der Waals surface area (Å²) < 4.78 is 31.0. The van der Waals surface area contributed by atoms with E-state index in [4.69, 9.17) is 0 Å². The van der Waals surface area contributed by atoms with E-state index in [9.17, 15) is 13.6 Å². The van der Waals surface area contributed by atoms with Crippen LogP contribution >= 0.6 is 11.3 Å². The van der Waals surface area contributed by atoms with Crippen LogP contribution in [0.4, 0.5) is 8.78 Å². The summed E-state index contributed by atoms with van der Waals surface area (Å²) in [5.41, 5.74) is 0. The minimum atomic E-state index is -0.670. The molecule has 0 aliphatic heterocycles. The van der Waals surface area contributed by atoms with Gasteiger partial charge in [-0.25, -0.2) is 13.6 Å². The SMILES string of the molecule is COC(=O)c1cc2c(F)cc(F)cc2s1. The summed E-state index contributed by atoms with van der Waals surface area (Å²) in [6.45, 7) is 0. The lowest BCUT2D eigenvalue weighted by Gasteiger charge is -1.91. The first kappa shape index (κ1) is 10.0. The van der Waals surface area contributed by atoms with Crippen molar-refractivity contribution in [1.82, 2.24) is 0 Å². The maximum Gasteiger partial charge on any atom is 0.348 e. The van der Waals surface area contributed by atoms with Crippen LogP contribution in [0.25, 0.3) is 10.1 Å². The van der Waals surface area contributed by atoms with Crippen molar-refractivity contribution in [2.45, 2.75) is 0 Å². The van der Waals surface area contributed by atoms with E-state index in [-0.39, 0.29) is 10.3 Å². The van der Waals surface area contributed by atoms with Gasteiger partial charge in [0.05, 0.1) is 7.11 Å². The molecule has 0 saturated carbocycles. The first-order valence-electron chi connectivity index (χ1n) is 4.08. The van der Waals surface area contributed by atoms with Gasteiger partial charge in [0.25, 0.3) is 0 Å². The summed E-state index contributed by atoms with van der Waals surface area (Å²) in [5, 5.41) is 0.238. The number of benzene rings is 1. The molecule has 0 aliphatic rings. The second kappa shape index (κ2) is 3.58. The van der Waals surface area contributed by atoms with Crippen LogP contribution in [0, 0.1) is 11.6 Å². The standard InChI is InChI=1S/C10H6F2O2S/c1-14-10(13)9-4-6-7(12)2-5(11)3-8(6)15-9/h2-4H,1H3. The zero-order valence-electron chi connectivity index (χ0n) is 7.71. The van der Waals surface area contributed by atoms with E-state index >= 15 is 0 Å². The van der Waals surface area contributed by atoms with Crippen molar-refractivity contribution in [2.24, 2.45) is 0 Å². The zero-order chi connectivity index (χ0) is 11.0. The molecule has 0 saturated heterocycles. The van der Waals surface area contributed by atoms with Gasteiger partial charge in [0, 0.05) is 16.2 Å². The number of carbonyl (C=O) groups excluding carboxylic acids is 1. The summed E-state index contributed by atoms with van der Waals surface area (Å²) >= 11 is 1.00. The number of methoxy groups -OCH3 is 1. The molecular formula is C10H6F2O2S. The molecule has 1 aromatic carbocycles. The number of hydrogen-bond donors (Lipinski definition) is 0. The van der Waals surface area contributed by atoms with E-state index in [1.807, 2.05) is 0 Å². The molecule has 0 atom stereocenters. The Morgan fingerprint density at radius 3 is 2.73 bits per heavy atom. The Kier molecular flexibility index (Phi) is 2.40. The van der Waals surface area contributed by atoms with E-state index in [2.05, 4.69) is 4.74 Å². The van der Waals surface area contributed by atoms with Gasteiger partial charge in [0.1, 0.15) is 16.5 Å². The lowest BCUT2D eigenvalue weighted by atomic mass is 10.2. The molecule has 1 heterocycles. The van der Waals surface area contributed by atoms with Crippen LogP contribution in [0.5, 0.6) is 0 Å². The molecule has 78 valence electrons. The molecule has 5 heteroatoms. The van der Waals surface area contributed by atoms with Crippen molar-refractivity contribution in [2.75, 3.05) is 7.11 Å². The molecule has 0 bridgehead atoms. The fourth-order valence-electron chi connectivity index (χ4n) is 1.27. The molecule has 2 aromatic rings. The third-order valence-corrected chi connectivity index (χ3v) is 3.00. The maximum atomic E-state index is 13.2. The highest BCUT2D eigenvalue weighted by Gasteiger charge is 2.13. The lowest BCUT2D eigenvalue weighted by Crippen LogP contribution is -1.96. The molecule has 0 radical (unpaired) electrons. The van der Waals surface area contributed by atoms with E-state index < -0.39 is 17.6 Å². The van der Waals surface area contributed by atoms with Crippen molar-refractivity contribution in [3.8, 4) is 0 Å². The van der Waals surface area contributed by atoms with Gasteiger partial charge >= 0.3 is 5.97 Å². The number of thiophene rings is 1. The number of halogens is 2. The smallest absolute Gasteiger partial charge is 0.348 e. The topological polar surface area (TPSA) is 26.3 Å². The predicted octanol–water partition coefficient (Wildman–Crippen LogP) is 2.97. The Labute approximate surface area is 88.1 Å². The van der Waals surface area contributed by atoms with Crippen LogP contribution < -0.4 is 0 Å².